The van der Waals surface area contributed by atoms with E-state index < -0.39 is 11.6 Å². The molecule has 2 heterocycles. The summed E-state index contributed by atoms with van der Waals surface area (Å²) in [4.78, 5) is 17.6. The minimum Gasteiger partial charge on any atom is -0.485 e. The smallest absolute Gasteiger partial charge is 0.270 e. The van der Waals surface area contributed by atoms with Crippen molar-refractivity contribution in [2.45, 2.75) is 19.6 Å². The Morgan fingerprint density at radius 2 is 1.81 bits per heavy atom. The van der Waals surface area contributed by atoms with Crippen LogP contribution in [0.15, 0.2) is 66.9 Å². The Morgan fingerprint density at radius 1 is 1.09 bits per heavy atom. The van der Waals surface area contributed by atoms with Crippen LogP contribution < -0.4 is 15.8 Å². The standard InChI is InChI=1S/C24H22F2N4O2/c1-15-22(24(31)29-20(13-27)16-7-3-2-4-8-16)30-12-6-11-21(23(30)28-15)32-14-17-18(25)9-5-10-19(17)26/h2-12,20H,13-14,27H2,1H3,(H,29,31). The molecule has 32 heavy (non-hydrogen) atoms. The number of nitrogens with two attached hydrogens (primary N) is 1. The van der Waals surface area contributed by atoms with E-state index in [-0.39, 0.29) is 30.7 Å². The number of aryl methyl sites for hydroxylation is 1. The predicted molar refractivity (Wildman–Crippen MR) is 116 cm³/mol. The molecule has 2 aromatic heterocycles. The third-order valence-corrected chi connectivity index (χ3v) is 5.18. The molecule has 6 nitrogen and oxygen atoms in total. The SMILES string of the molecule is Cc1nc2c(OCc3c(F)cccc3F)cccn2c1C(=O)NC(CN)c1ccccc1. The molecule has 0 saturated heterocycles. The number of ether oxygens (including phenoxy) is 1. The van der Waals surface area contributed by atoms with E-state index in [0.29, 0.717) is 22.8 Å². The Balaban J connectivity index is 1.61. The van der Waals surface area contributed by atoms with Crippen molar-refractivity contribution < 1.29 is 18.3 Å². The highest BCUT2D eigenvalue weighted by Crippen LogP contribution is 2.24. The Morgan fingerprint density at radius 3 is 2.50 bits per heavy atom. The number of carbonyl (C=O) groups excluding carboxylic acids is 1. The first kappa shape index (κ1) is 21.5. The number of aromatic nitrogens is 2. The minimum atomic E-state index is -0.690. The van der Waals surface area contributed by atoms with Crippen LogP contribution in [0.5, 0.6) is 5.75 Å². The van der Waals surface area contributed by atoms with Crippen LogP contribution in [0.2, 0.25) is 0 Å². The van der Waals surface area contributed by atoms with Crippen molar-refractivity contribution in [2.24, 2.45) is 5.73 Å². The lowest BCUT2D eigenvalue weighted by atomic mass is 10.1. The van der Waals surface area contributed by atoms with Crippen molar-refractivity contribution in [1.29, 1.82) is 0 Å². The molecular formula is C24H22F2N4O2. The summed E-state index contributed by atoms with van der Waals surface area (Å²) in [5.74, 6) is -1.42. The molecule has 0 aliphatic heterocycles. The van der Waals surface area contributed by atoms with Crippen molar-refractivity contribution in [3.05, 3.63) is 101 Å². The fraction of sp³-hybridized carbons (Fsp3) is 0.167. The molecule has 164 valence electrons. The highest BCUT2D eigenvalue weighted by molar-refractivity contribution is 5.95. The van der Waals surface area contributed by atoms with Gasteiger partial charge >= 0.3 is 0 Å². The van der Waals surface area contributed by atoms with Crippen LogP contribution in [0.4, 0.5) is 8.78 Å². The van der Waals surface area contributed by atoms with Gasteiger partial charge in [-0.3, -0.25) is 9.20 Å². The fourth-order valence-electron chi connectivity index (χ4n) is 3.55. The van der Waals surface area contributed by atoms with Gasteiger partial charge in [0.25, 0.3) is 5.91 Å². The maximum absolute atomic E-state index is 13.9. The molecule has 1 amide bonds. The van der Waals surface area contributed by atoms with E-state index in [9.17, 15) is 13.6 Å². The van der Waals surface area contributed by atoms with Crippen molar-refractivity contribution in [2.75, 3.05) is 6.54 Å². The lowest BCUT2D eigenvalue weighted by molar-refractivity contribution is 0.0931. The van der Waals surface area contributed by atoms with Gasteiger partial charge in [-0.1, -0.05) is 36.4 Å². The number of imidazole rings is 1. The van der Waals surface area contributed by atoms with Crippen LogP contribution in [0.25, 0.3) is 5.65 Å². The first-order valence-corrected chi connectivity index (χ1v) is 10.1. The molecule has 0 aliphatic rings. The summed E-state index contributed by atoms with van der Waals surface area (Å²) in [7, 11) is 0. The lowest BCUT2D eigenvalue weighted by Gasteiger charge is -2.17. The summed E-state index contributed by atoms with van der Waals surface area (Å²) in [5.41, 5.74) is 7.79. The number of hydrogen-bond acceptors (Lipinski definition) is 4. The molecule has 2 aromatic carbocycles. The third-order valence-electron chi connectivity index (χ3n) is 5.18. The van der Waals surface area contributed by atoms with Gasteiger partial charge in [0.2, 0.25) is 0 Å². The van der Waals surface area contributed by atoms with Crippen molar-refractivity contribution >= 4 is 11.6 Å². The summed E-state index contributed by atoms with van der Waals surface area (Å²) >= 11 is 0. The molecule has 4 rings (SSSR count). The highest BCUT2D eigenvalue weighted by atomic mass is 19.1. The average Bonchev–Trinajstić information content (AvgIpc) is 3.14. The molecule has 0 aliphatic carbocycles. The third kappa shape index (κ3) is 4.17. The molecule has 1 atom stereocenters. The molecule has 3 N–H and O–H groups in total. The van der Waals surface area contributed by atoms with E-state index in [2.05, 4.69) is 10.3 Å². The van der Waals surface area contributed by atoms with Gasteiger partial charge in [0.05, 0.1) is 17.3 Å². The largest absolute Gasteiger partial charge is 0.485 e. The lowest BCUT2D eigenvalue weighted by Crippen LogP contribution is -2.34. The maximum Gasteiger partial charge on any atom is 0.270 e. The van der Waals surface area contributed by atoms with Crippen LogP contribution in [-0.4, -0.2) is 21.8 Å². The van der Waals surface area contributed by atoms with Crippen LogP contribution in [0, 0.1) is 18.6 Å². The molecule has 0 spiro atoms. The van der Waals surface area contributed by atoms with E-state index in [1.165, 1.54) is 18.2 Å². The number of nitrogens with zero attached hydrogens (tertiary/aromatic N) is 2. The molecule has 0 saturated carbocycles. The van der Waals surface area contributed by atoms with Gasteiger partial charge in [-0.25, -0.2) is 13.8 Å². The minimum absolute atomic E-state index is 0.176. The molecule has 8 heteroatoms. The van der Waals surface area contributed by atoms with Gasteiger partial charge in [-0.2, -0.15) is 0 Å². The maximum atomic E-state index is 13.9. The van der Waals surface area contributed by atoms with Crippen LogP contribution >= 0.6 is 0 Å². The molecule has 0 radical (unpaired) electrons. The van der Waals surface area contributed by atoms with E-state index in [1.807, 2.05) is 30.3 Å². The van der Waals surface area contributed by atoms with Crippen LogP contribution in [0.1, 0.15) is 33.4 Å². The summed E-state index contributed by atoms with van der Waals surface area (Å²) in [6.07, 6.45) is 1.68. The van der Waals surface area contributed by atoms with Gasteiger partial charge in [-0.15, -0.1) is 0 Å². The fourth-order valence-corrected chi connectivity index (χ4v) is 3.55. The Labute approximate surface area is 183 Å². The van der Waals surface area contributed by atoms with Gasteiger partial charge in [0, 0.05) is 12.7 Å². The van der Waals surface area contributed by atoms with Gasteiger partial charge in [0.15, 0.2) is 11.4 Å². The second-order valence-corrected chi connectivity index (χ2v) is 7.27. The molecule has 1 unspecified atom stereocenters. The number of carbonyl (C=O) groups is 1. The van der Waals surface area contributed by atoms with E-state index >= 15 is 0 Å². The molecule has 0 bridgehead atoms. The molecule has 0 fully saturated rings. The predicted octanol–water partition coefficient (Wildman–Crippen LogP) is 3.93. The Kier molecular flexibility index (Phi) is 6.13. The molecule has 4 aromatic rings. The number of amides is 1. The number of rotatable bonds is 7. The Bertz CT molecular complexity index is 1240. The number of hydrogen-bond donors (Lipinski definition) is 2. The summed E-state index contributed by atoms with van der Waals surface area (Å²) in [5, 5.41) is 2.95. The average molecular weight is 436 g/mol. The van der Waals surface area contributed by atoms with Crippen molar-refractivity contribution in [1.82, 2.24) is 14.7 Å². The summed E-state index contributed by atoms with van der Waals surface area (Å²) in [6, 6.07) is 16.0. The van der Waals surface area contributed by atoms with Gasteiger partial charge in [-0.05, 0) is 36.8 Å². The Hall–Kier alpha value is -3.78. The van der Waals surface area contributed by atoms with Gasteiger partial charge in [0.1, 0.15) is 23.9 Å². The highest BCUT2D eigenvalue weighted by Gasteiger charge is 2.22. The molecular weight excluding hydrogens is 414 g/mol. The topological polar surface area (TPSA) is 81.7 Å². The zero-order valence-corrected chi connectivity index (χ0v) is 17.4. The van der Waals surface area contributed by atoms with E-state index in [4.69, 9.17) is 10.5 Å². The first-order chi connectivity index (χ1) is 15.5. The quantitative estimate of drug-likeness (QED) is 0.460. The summed E-state index contributed by atoms with van der Waals surface area (Å²) in [6.45, 7) is 1.63. The van der Waals surface area contributed by atoms with E-state index in [1.54, 1.807) is 29.7 Å². The normalized spacial score (nSPS) is 12.0. The van der Waals surface area contributed by atoms with Crippen LogP contribution in [-0.2, 0) is 6.61 Å². The van der Waals surface area contributed by atoms with Crippen molar-refractivity contribution in [3.8, 4) is 5.75 Å². The number of benzene rings is 2. The van der Waals surface area contributed by atoms with Crippen LogP contribution in [0.3, 0.4) is 0 Å². The second kappa shape index (κ2) is 9.15. The van der Waals surface area contributed by atoms with Crippen molar-refractivity contribution in [3.63, 3.8) is 0 Å². The number of halogens is 2. The zero-order valence-electron chi connectivity index (χ0n) is 17.4. The summed E-state index contributed by atoms with van der Waals surface area (Å²) < 4.78 is 35.1. The number of fused-ring (bicyclic) bond motifs is 1. The second-order valence-electron chi connectivity index (χ2n) is 7.27. The monoisotopic (exact) mass is 436 g/mol. The van der Waals surface area contributed by atoms with E-state index in [0.717, 1.165) is 5.56 Å². The zero-order chi connectivity index (χ0) is 22.7. The number of pyridine rings is 1. The number of nitrogens with one attached hydrogen (secondary N) is 1. The van der Waals surface area contributed by atoms with Gasteiger partial charge < -0.3 is 15.8 Å². The first-order valence-electron chi connectivity index (χ1n) is 10.1.